The van der Waals surface area contributed by atoms with Crippen molar-refractivity contribution in [2.45, 2.75) is 26.3 Å². The molecule has 1 aromatic carbocycles. The highest BCUT2D eigenvalue weighted by Crippen LogP contribution is 2.36. The summed E-state index contributed by atoms with van der Waals surface area (Å²) in [5.74, 6) is 0.730. The standard InChI is InChI=1S/C17H24N2S.2ClH/c1-13(2)11-16(19-9-7-18-8-10-19)15-12-20-17-6-4-3-5-14(15)17;;/h3-6,12-13,16,18H,7-11H2,1-2H3;2*1H/t16-;;/m0../s1. The molecule has 1 aliphatic rings. The van der Waals surface area contributed by atoms with Gasteiger partial charge in [0.25, 0.3) is 0 Å². The molecule has 1 N–H and O–H groups in total. The van der Waals surface area contributed by atoms with Crippen LogP contribution in [0.25, 0.3) is 10.1 Å². The molecule has 1 fully saturated rings. The third-order valence-corrected chi connectivity index (χ3v) is 5.14. The van der Waals surface area contributed by atoms with Crippen molar-refractivity contribution in [3.8, 4) is 0 Å². The minimum absolute atomic E-state index is 0. The van der Waals surface area contributed by atoms with Crippen molar-refractivity contribution < 1.29 is 0 Å². The molecule has 1 saturated heterocycles. The lowest BCUT2D eigenvalue weighted by molar-refractivity contribution is 0.155. The number of hydrogen-bond donors (Lipinski definition) is 1. The summed E-state index contributed by atoms with van der Waals surface area (Å²) < 4.78 is 1.42. The number of thiophene rings is 1. The van der Waals surface area contributed by atoms with E-state index in [1.165, 1.54) is 29.6 Å². The molecule has 1 aliphatic heterocycles. The Labute approximate surface area is 150 Å². The van der Waals surface area contributed by atoms with E-state index < -0.39 is 0 Å². The van der Waals surface area contributed by atoms with Crippen LogP contribution in [0.3, 0.4) is 0 Å². The van der Waals surface area contributed by atoms with E-state index in [4.69, 9.17) is 0 Å². The molecule has 0 radical (unpaired) electrons. The number of nitrogens with zero attached hydrogens (tertiary/aromatic N) is 1. The molecule has 0 saturated carbocycles. The Bertz CT molecular complexity index is 565. The number of hydrogen-bond acceptors (Lipinski definition) is 3. The Hall–Kier alpha value is -0.320. The molecule has 2 aromatic rings. The average molecular weight is 361 g/mol. The van der Waals surface area contributed by atoms with E-state index in [9.17, 15) is 0 Å². The number of benzene rings is 1. The molecule has 3 rings (SSSR count). The lowest BCUT2D eigenvalue weighted by Crippen LogP contribution is -2.45. The molecule has 0 bridgehead atoms. The van der Waals surface area contributed by atoms with Gasteiger partial charge in [-0.3, -0.25) is 4.90 Å². The molecule has 0 aliphatic carbocycles. The third-order valence-electron chi connectivity index (χ3n) is 4.16. The van der Waals surface area contributed by atoms with E-state index in [1.54, 1.807) is 5.56 Å². The van der Waals surface area contributed by atoms with Gasteiger partial charge in [0, 0.05) is 36.9 Å². The largest absolute Gasteiger partial charge is 0.314 e. The van der Waals surface area contributed by atoms with Crippen molar-refractivity contribution >= 4 is 46.2 Å². The van der Waals surface area contributed by atoms with Crippen LogP contribution in [0, 0.1) is 5.92 Å². The van der Waals surface area contributed by atoms with Gasteiger partial charge in [-0.2, -0.15) is 0 Å². The number of halogens is 2. The number of fused-ring (bicyclic) bond motifs is 1. The van der Waals surface area contributed by atoms with Gasteiger partial charge in [0.05, 0.1) is 0 Å². The highest BCUT2D eigenvalue weighted by molar-refractivity contribution is 7.17. The predicted octanol–water partition coefficient (Wildman–Crippen LogP) is 4.74. The Balaban J connectivity index is 0.00000121. The molecule has 2 nitrogen and oxygen atoms in total. The normalized spacial score (nSPS) is 17.0. The van der Waals surface area contributed by atoms with Crippen molar-refractivity contribution in [1.82, 2.24) is 10.2 Å². The van der Waals surface area contributed by atoms with Crippen molar-refractivity contribution in [3.05, 3.63) is 35.2 Å². The SMILES string of the molecule is CC(C)C[C@@H](c1csc2ccccc12)N1CCNCC1.Cl.Cl. The highest BCUT2D eigenvalue weighted by Gasteiger charge is 2.25. The van der Waals surface area contributed by atoms with E-state index in [-0.39, 0.29) is 24.8 Å². The fourth-order valence-electron chi connectivity index (χ4n) is 3.17. The molecule has 0 spiro atoms. The molecular formula is C17H26Cl2N2S. The fraction of sp³-hybridized carbons (Fsp3) is 0.529. The molecule has 5 heteroatoms. The summed E-state index contributed by atoms with van der Waals surface area (Å²) >= 11 is 1.89. The van der Waals surface area contributed by atoms with Crippen LogP contribution >= 0.6 is 36.2 Å². The molecule has 22 heavy (non-hydrogen) atoms. The number of rotatable bonds is 4. The van der Waals surface area contributed by atoms with E-state index in [2.05, 4.69) is 53.7 Å². The van der Waals surface area contributed by atoms with E-state index in [0.29, 0.717) is 6.04 Å². The summed E-state index contributed by atoms with van der Waals surface area (Å²) in [5, 5.41) is 7.31. The molecule has 2 heterocycles. The molecule has 1 aromatic heterocycles. The van der Waals surface area contributed by atoms with Crippen molar-refractivity contribution in [1.29, 1.82) is 0 Å². The van der Waals surface area contributed by atoms with Gasteiger partial charge in [0.2, 0.25) is 0 Å². The first-order valence-electron chi connectivity index (χ1n) is 7.66. The minimum Gasteiger partial charge on any atom is -0.314 e. The molecule has 1 atom stereocenters. The van der Waals surface area contributed by atoms with Crippen LogP contribution in [0.5, 0.6) is 0 Å². The Morgan fingerprint density at radius 2 is 1.82 bits per heavy atom. The zero-order chi connectivity index (χ0) is 13.9. The second-order valence-corrected chi connectivity index (χ2v) is 7.03. The maximum Gasteiger partial charge on any atom is 0.0366 e. The Morgan fingerprint density at radius 3 is 2.50 bits per heavy atom. The molecular weight excluding hydrogens is 335 g/mol. The average Bonchev–Trinajstić information content (AvgIpc) is 2.89. The minimum atomic E-state index is 0. The van der Waals surface area contributed by atoms with Crippen molar-refractivity contribution in [2.24, 2.45) is 5.92 Å². The smallest absolute Gasteiger partial charge is 0.0366 e. The predicted molar refractivity (Wildman–Crippen MR) is 103 cm³/mol. The van der Waals surface area contributed by atoms with Gasteiger partial charge in [-0.25, -0.2) is 0 Å². The zero-order valence-corrected chi connectivity index (χ0v) is 15.7. The van der Waals surface area contributed by atoms with Gasteiger partial charge in [-0.05, 0) is 34.7 Å². The summed E-state index contributed by atoms with van der Waals surface area (Å²) in [6.45, 7) is 9.25. The van der Waals surface area contributed by atoms with E-state index >= 15 is 0 Å². The van der Waals surface area contributed by atoms with Crippen LogP contribution in [-0.2, 0) is 0 Å². The van der Waals surface area contributed by atoms with Gasteiger partial charge in [-0.1, -0.05) is 32.0 Å². The summed E-state index contributed by atoms with van der Waals surface area (Å²) in [6.07, 6.45) is 1.25. The van der Waals surface area contributed by atoms with Crippen molar-refractivity contribution in [3.63, 3.8) is 0 Å². The van der Waals surface area contributed by atoms with Crippen LogP contribution in [-0.4, -0.2) is 31.1 Å². The quantitative estimate of drug-likeness (QED) is 0.846. The number of nitrogens with one attached hydrogen (secondary N) is 1. The third kappa shape index (κ3) is 4.36. The first-order valence-corrected chi connectivity index (χ1v) is 8.54. The summed E-state index contributed by atoms with van der Waals surface area (Å²) in [6, 6.07) is 9.42. The first-order chi connectivity index (χ1) is 9.75. The van der Waals surface area contributed by atoms with Gasteiger partial charge in [0.1, 0.15) is 0 Å². The maximum atomic E-state index is 3.47. The topological polar surface area (TPSA) is 15.3 Å². The van der Waals surface area contributed by atoms with E-state index in [1.807, 2.05) is 11.3 Å². The van der Waals surface area contributed by atoms with Crippen LogP contribution in [0.1, 0.15) is 31.9 Å². The van der Waals surface area contributed by atoms with Crippen LogP contribution < -0.4 is 5.32 Å². The summed E-state index contributed by atoms with van der Waals surface area (Å²) in [4.78, 5) is 2.67. The van der Waals surface area contributed by atoms with Crippen LogP contribution in [0.2, 0.25) is 0 Å². The Kier molecular flexibility index (Phi) is 8.15. The summed E-state index contributed by atoms with van der Waals surface area (Å²) in [5.41, 5.74) is 1.54. The second-order valence-electron chi connectivity index (χ2n) is 6.12. The van der Waals surface area contributed by atoms with Gasteiger partial charge in [0.15, 0.2) is 0 Å². The zero-order valence-electron chi connectivity index (χ0n) is 13.2. The van der Waals surface area contributed by atoms with E-state index in [0.717, 1.165) is 19.0 Å². The first kappa shape index (κ1) is 19.7. The van der Waals surface area contributed by atoms with Crippen LogP contribution in [0.4, 0.5) is 0 Å². The van der Waals surface area contributed by atoms with Gasteiger partial charge in [-0.15, -0.1) is 36.2 Å². The summed E-state index contributed by atoms with van der Waals surface area (Å²) in [7, 11) is 0. The fourth-order valence-corrected chi connectivity index (χ4v) is 4.18. The number of piperazine rings is 1. The Morgan fingerprint density at radius 1 is 1.14 bits per heavy atom. The second kappa shape index (κ2) is 9.09. The van der Waals surface area contributed by atoms with Gasteiger partial charge < -0.3 is 5.32 Å². The molecule has 124 valence electrons. The monoisotopic (exact) mass is 360 g/mol. The lowest BCUT2D eigenvalue weighted by Gasteiger charge is -2.36. The maximum absolute atomic E-state index is 3.47. The molecule has 0 unspecified atom stereocenters. The lowest BCUT2D eigenvalue weighted by atomic mass is 9.94. The molecule has 0 amide bonds. The van der Waals surface area contributed by atoms with Crippen LogP contribution in [0.15, 0.2) is 29.6 Å². The van der Waals surface area contributed by atoms with Gasteiger partial charge >= 0.3 is 0 Å². The van der Waals surface area contributed by atoms with Crippen molar-refractivity contribution in [2.75, 3.05) is 26.2 Å². The highest BCUT2D eigenvalue weighted by atomic mass is 35.5.